The van der Waals surface area contributed by atoms with Crippen molar-refractivity contribution in [3.63, 3.8) is 0 Å². The lowest BCUT2D eigenvalue weighted by molar-refractivity contribution is -0.149. The molecule has 0 spiro atoms. The van der Waals surface area contributed by atoms with Crippen molar-refractivity contribution >= 4 is 17.7 Å². The van der Waals surface area contributed by atoms with Gasteiger partial charge in [0.1, 0.15) is 5.78 Å². The molecule has 2 atom stereocenters. The third kappa shape index (κ3) is 3.55. The first kappa shape index (κ1) is 15.7. The lowest BCUT2D eigenvalue weighted by Crippen LogP contribution is -2.54. The highest BCUT2D eigenvalue weighted by Crippen LogP contribution is 2.51. The number of ketones is 1. The molecule has 0 heterocycles. The molecular weight excluding hydrogens is 246 g/mol. The molecule has 1 aliphatic carbocycles. The monoisotopic (exact) mass is 269 g/mol. The normalized spacial score (nSPS) is 24.2. The average Bonchev–Trinajstić information content (AvgIpc) is 2.32. The van der Waals surface area contributed by atoms with Crippen molar-refractivity contribution in [1.29, 1.82) is 0 Å². The number of Topliss-reactive ketones (excluding diaryl/α,β-unsaturated/α-hetero) is 1. The van der Waals surface area contributed by atoms with E-state index in [9.17, 15) is 14.4 Å². The quantitative estimate of drug-likeness (QED) is 0.583. The van der Waals surface area contributed by atoms with Crippen molar-refractivity contribution in [1.82, 2.24) is 5.32 Å². The van der Waals surface area contributed by atoms with Gasteiger partial charge in [0, 0.05) is 24.8 Å². The molecule has 1 rings (SSSR count). The molecule has 0 unspecified atom stereocenters. The summed E-state index contributed by atoms with van der Waals surface area (Å²) >= 11 is 0. The van der Waals surface area contributed by atoms with Gasteiger partial charge in [0.15, 0.2) is 0 Å². The SMILES string of the molecule is COC(=O)CCCNC(=O)[C@H]1C[C@@H](C(C)=O)C1(C)C. The summed E-state index contributed by atoms with van der Waals surface area (Å²) in [6.07, 6.45) is 1.51. The first-order chi connectivity index (χ1) is 8.80. The Bertz CT molecular complexity index is 376. The van der Waals surface area contributed by atoms with Crippen LogP contribution in [0.15, 0.2) is 0 Å². The highest BCUT2D eigenvalue weighted by molar-refractivity contribution is 5.87. The van der Waals surface area contributed by atoms with Crippen LogP contribution in [0.1, 0.15) is 40.0 Å². The molecule has 0 aromatic rings. The van der Waals surface area contributed by atoms with Gasteiger partial charge in [-0.25, -0.2) is 0 Å². The Balaban J connectivity index is 2.32. The highest BCUT2D eigenvalue weighted by atomic mass is 16.5. The molecule has 0 aliphatic heterocycles. The number of carbonyl (C=O) groups excluding carboxylic acids is 3. The molecule has 1 saturated carbocycles. The molecule has 0 aromatic heterocycles. The van der Waals surface area contributed by atoms with Gasteiger partial charge in [-0.05, 0) is 25.2 Å². The summed E-state index contributed by atoms with van der Waals surface area (Å²) in [5.74, 6) is -0.264. The number of ether oxygens (including phenoxy) is 1. The van der Waals surface area contributed by atoms with E-state index in [2.05, 4.69) is 10.1 Å². The minimum atomic E-state index is -0.269. The lowest BCUT2D eigenvalue weighted by atomic mass is 9.53. The van der Waals surface area contributed by atoms with Crippen molar-refractivity contribution in [2.45, 2.75) is 40.0 Å². The number of methoxy groups -OCH3 is 1. The maximum Gasteiger partial charge on any atom is 0.305 e. The summed E-state index contributed by atoms with van der Waals surface area (Å²) in [4.78, 5) is 34.3. The van der Waals surface area contributed by atoms with Gasteiger partial charge in [-0.15, -0.1) is 0 Å². The van der Waals surface area contributed by atoms with Crippen LogP contribution in [0.5, 0.6) is 0 Å². The number of rotatable bonds is 6. The standard InChI is InChI=1S/C14H23NO4/c1-9(16)10-8-11(14(10,2)3)13(18)15-7-5-6-12(17)19-4/h10-11H,5-8H2,1-4H3,(H,15,18)/t10-,11+/m0/s1. The Labute approximate surface area is 114 Å². The van der Waals surface area contributed by atoms with Crippen molar-refractivity contribution in [3.8, 4) is 0 Å². The van der Waals surface area contributed by atoms with Crippen molar-refractivity contribution in [3.05, 3.63) is 0 Å². The van der Waals surface area contributed by atoms with E-state index in [0.717, 1.165) is 0 Å². The molecule has 1 aliphatic rings. The Kier molecular flexibility index (Phi) is 5.09. The van der Waals surface area contributed by atoms with E-state index in [1.165, 1.54) is 7.11 Å². The Morgan fingerprint density at radius 1 is 1.26 bits per heavy atom. The van der Waals surface area contributed by atoms with Crippen LogP contribution in [-0.2, 0) is 19.1 Å². The van der Waals surface area contributed by atoms with E-state index in [1.54, 1.807) is 6.92 Å². The fourth-order valence-corrected chi connectivity index (χ4v) is 2.73. The smallest absolute Gasteiger partial charge is 0.305 e. The minimum absolute atomic E-state index is 0.0154. The van der Waals surface area contributed by atoms with Crippen molar-refractivity contribution in [2.75, 3.05) is 13.7 Å². The number of amides is 1. The van der Waals surface area contributed by atoms with Crippen LogP contribution in [0.2, 0.25) is 0 Å². The fourth-order valence-electron chi connectivity index (χ4n) is 2.73. The van der Waals surface area contributed by atoms with Gasteiger partial charge in [0.05, 0.1) is 7.11 Å². The summed E-state index contributed by atoms with van der Waals surface area (Å²) < 4.78 is 4.52. The predicted molar refractivity (Wildman–Crippen MR) is 70.3 cm³/mol. The molecule has 19 heavy (non-hydrogen) atoms. The molecule has 0 aromatic carbocycles. The lowest BCUT2D eigenvalue weighted by Gasteiger charge is -2.49. The third-order valence-electron chi connectivity index (χ3n) is 4.16. The van der Waals surface area contributed by atoms with Crippen LogP contribution in [-0.4, -0.2) is 31.3 Å². The average molecular weight is 269 g/mol. The summed E-state index contributed by atoms with van der Waals surface area (Å²) in [7, 11) is 1.35. The maximum absolute atomic E-state index is 12.0. The third-order valence-corrected chi connectivity index (χ3v) is 4.16. The Morgan fingerprint density at radius 3 is 2.37 bits per heavy atom. The van der Waals surface area contributed by atoms with Crippen LogP contribution in [0.25, 0.3) is 0 Å². The first-order valence-corrected chi connectivity index (χ1v) is 6.65. The van der Waals surface area contributed by atoms with Crippen molar-refractivity contribution < 1.29 is 19.1 Å². The minimum Gasteiger partial charge on any atom is -0.469 e. The summed E-state index contributed by atoms with van der Waals surface area (Å²) in [5, 5.41) is 2.82. The van der Waals surface area contributed by atoms with E-state index >= 15 is 0 Å². The summed E-state index contributed by atoms with van der Waals surface area (Å²) in [6, 6.07) is 0. The fraction of sp³-hybridized carbons (Fsp3) is 0.786. The topological polar surface area (TPSA) is 72.5 Å². The van der Waals surface area contributed by atoms with Crippen LogP contribution in [0.3, 0.4) is 0 Å². The molecule has 0 radical (unpaired) electrons. The maximum atomic E-state index is 12.0. The summed E-state index contributed by atoms with van der Waals surface area (Å²) in [5.41, 5.74) is -0.266. The zero-order valence-electron chi connectivity index (χ0n) is 12.1. The molecule has 0 bridgehead atoms. The zero-order valence-corrected chi connectivity index (χ0v) is 12.1. The first-order valence-electron chi connectivity index (χ1n) is 6.65. The largest absolute Gasteiger partial charge is 0.469 e. The van der Waals surface area contributed by atoms with E-state index in [-0.39, 0.29) is 34.9 Å². The van der Waals surface area contributed by atoms with Gasteiger partial charge in [0.25, 0.3) is 0 Å². The molecule has 5 heteroatoms. The van der Waals surface area contributed by atoms with E-state index in [0.29, 0.717) is 25.8 Å². The van der Waals surface area contributed by atoms with E-state index in [1.807, 2.05) is 13.8 Å². The Hall–Kier alpha value is -1.39. The number of carbonyl (C=O) groups is 3. The van der Waals surface area contributed by atoms with Gasteiger partial charge in [0.2, 0.25) is 5.91 Å². The van der Waals surface area contributed by atoms with Crippen molar-refractivity contribution in [2.24, 2.45) is 17.3 Å². The second kappa shape index (κ2) is 6.17. The molecular formula is C14H23NO4. The molecule has 108 valence electrons. The number of hydrogen-bond donors (Lipinski definition) is 1. The zero-order chi connectivity index (χ0) is 14.6. The van der Waals surface area contributed by atoms with Gasteiger partial charge in [-0.3, -0.25) is 14.4 Å². The molecule has 5 nitrogen and oxygen atoms in total. The number of esters is 1. The molecule has 1 fully saturated rings. The van der Waals surface area contributed by atoms with Gasteiger partial charge in [-0.2, -0.15) is 0 Å². The second-order valence-corrected chi connectivity index (χ2v) is 5.74. The highest BCUT2D eigenvalue weighted by Gasteiger charge is 2.53. The molecule has 0 saturated heterocycles. The summed E-state index contributed by atoms with van der Waals surface area (Å²) in [6.45, 7) is 5.96. The van der Waals surface area contributed by atoms with Crippen LogP contribution < -0.4 is 5.32 Å². The molecule has 1 amide bonds. The van der Waals surface area contributed by atoms with E-state index < -0.39 is 0 Å². The van der Waals surface area contributed by atoms with Crippen LogP contribution in [0, 0.1) is 17.3 Å². The van der Waals surface area contributed by atoms with Gasteiger partial charge < -0.3 is 10.1 Å². The van der Waals surface area contributed by atoms with Crippen LogP contribution in [0.4, 0.5) is 0 Å². The number of nitrogens with one attached hydrogen (secondary N) is 1. The predicted octanol–water partition coefficient (Wildman–Crippen LogP) is 1.31. The number of hydrogen-bond acceptors (Lipinski definition) is 4. The van der Waals surface area contributed by atoms with Crippen LogP contribution >= 0.6 is 0 Å². The van der Waals surface area contributed by atoms with Gasteiger partial charge >= 0.3 is 5.97 Å². The second-order valence-electron chi connectivity index (χ2n) is 5.74. The van der Waals surface area contributed by atoms with Gasteiger partial charge in [-0.1, -0.05) is 13.8 Å². The molecule has 1 N–H and O–H groups in total. The Morgan fingerprint density at radius 2 is 1.89 bits per heavy atom. The van der Waals surface area contributed by atoms with E-state index in [4.69, 9.17) is 0 Å².